The Morgan fingerprint density at radius 2 is 2.04 bits per heavy atom. The van der Waals surface area contributed by atoms with Gasteiger partial charge in [-0.25, -0.2) is 0 Å². The maximum Gasteiger partial charge on any atom is 0.163 e. The summed E-state index contributed by atoms with van der Waals surface area (Å²) in [6.45, 7) is 0.470. The molecule has 2 aromatic carbocycles. The third-order valence-electron chi connectivity index (χ3n) is 4.70. The van der Waals surface area contributed by atoms with E-state index in [1.165, 1.54) is 0 Å². The van der Waals surface area contributed by atoms with Crippen molar-refractivity contribution in [3.63, 3.8) is 0 Å². The first-order chi connectivity index (χ1) is 11.2. The van der Waals surface area contributed by atoms with E-state index in [1.807, 2.05) is 24.3 Å². The lowest BCUT2D eigenvalue weighted by atomic mass is 9.84. The largest absolute Gasteiger partial charge is 0.488 e. The van der Waals surface area contributed by atoms with Crippen LogP contribution in [0.3, 0.4) is 0 Å². The molecule has 118 valence electrons. The molecule has 0 saturated carbocycles. The van der Waals surface area contributed by atoms with Crippen LogP contribution in [0.25, 0.3) is 11.1 Å². The summed E-state index contributed by atoms with van der Waals surface area (Å²) in [6.07, 6.45) is 1.89. The lowest BCUT2D eigenvalue weighted by Crippen LogP contribution is -2.15. The van der Waals surface area contributed by atoms with Gasteiger partial charge in [0.2, 0.25) is 0 Å². The number of carbonyl (C=O) groups is 1. The average Bonchev–Trinajstić information content (AvgIpc) is 2.59. The second-order valence-electron chi connectivity index (χ2n) is 6.12. The highest BCUT2D eigenvalue weighted by atomic mass is 79.9. The Balaban J connectivity index is 1.94. The Labute approximate surface area is 143 Å². The molecular weight excluding hydrogens is 356 g/mol. The number of fused-ring (bicyclic) bond motifs is 4. The van der Waals surface area contributed by atoms with Crippen LogP contribution in [-0.2, 0) is 13.0 Å². The zero-order valence-electron chi connectivity index (χ0n) is 12.6. The van der Waals surface area contributed by atoms with E-state index in [4.69, 9.17) is 4.74 Å². The zero-order valence-corrected chi connectivity index (χ0v) is 14.2. The topological polar surface area (TPSA) is 46.5 Å². The lowest BCUT2D eigenvalue weighted by molar-refractivity contribution is 0.0972. The number of benzene rings is 2. The summed E-state index contributed by atoms with van der Waals surface area (Å²) in [5.41, 5.74) is 5.94. The van der Waals surface area contributed by atoms with Gasteiger partial charge in [0, 0.05) is 22.9 Å². The van der Waals surface area contributed by atoms with E-state index in [-0.39, 0.29) is 5.78 Å². The first-order valence-corrected chi connectivity index (χ1v) is 9.00. The SMILES string of the molecule is O=C1CCCc2cc3c(cc21)OCc1cccc(C(O)CBr)c1-3. The van der Waals surface area contributed by atoms with Crippen molar-refractivity contribution in [3.8, 4) is 16.9 Å². The number of halogens is 1. The van der Waals surface area contributed by atoms with Crippen molar-refractivity contribution in [1.82, 2.24) is 0 Å². The summed E-state index contributed by atoms with van der Waals surface area (Å²) in [5.74, 6) is 0.956. The van der Waals surface area contributed by atoms with Gasteiger partial charge in [-0.05, 0) is 47.2 Å². The molecule has 0 bridgehead atoms. The van der Waals surface area contributed by atoms with Crippen molar-refractivity contribution in [2.24, 2.45) is 0 Å². The average molecular weight is 373 g/mol. The number of aliphatic hydroxyl groups is 1. The van der Waals surface area contributed by atoms with Gasteiger partial charge in [-0.2, -0.15) is 0 Å². The van der Waals surface area contributed by atoms with Gasteiger partial charge in [0.1, 0.15) is 12.4 Å². The fourth-order valence-electron chi connectivity index (χ4n) is 3.56. The van der Waals surface area contributed by atoms with Crippen LogP contribution < -0.4 is 4.74 Å². The Morgan fingerprint density at radius 3 is 2.87 bits per heavy atom. The van der Waals surface area contributed by atoms with Gasteiger partial charge < -0.3 is 9.84 Å². The van der Waals surface area contributed by atoms with Crippen LogP contribution >= 0.6 is 15.9 Å². The van der Waals surface area contributed by atoms with E-state index in [0.717, 1.165) is 52.0 Å². The fourth-order valence-corrected chi connectivity index (χ4v) is 3.91. The maximum atomic E-state index is 12.1. The maximum absolute atomic E-state index is 12.1. The second-order valence-corrected chi connectivity index (χ2v) is 6.77. The molecule has 2 aliphatic rings. The van der Waals surface area contributed by atoms with Gasteiger partial charge in [0.15, 0.2) is 5.78 Å². The summed E-state index contributed by atoms with van der Waals surface area (Å²) in [7, 11) is 0. The Morgan fingerprint density at radius 1 is 1.17 bits per heavy atom. The van der Waals surface area contributed by atoms with E-state index in [2.05, 4.69) is 22.0 Å². The van der Waals surface area contributed by atoms with Gasteiger partial charge >= 0.3 is 0 Å². The molecule has 1 unspecified atom stereocenters. The van der Waals surface area contributed by atoms with Crippen molar-refractivity contribution >= 4 is 21.7 Å². The molecule has 23 heavy (non-hydrogen) atoms. The minimum absolute atomic E-state index is 0.206. The van der Waals surface area contributed by atoms with Gasteiger partial charge in [-0.3, -0.25) is 4.79 Å². The van der Waals surface area contributed by atoms with Crippen LogP contribution in [0.1, 0.15) is 46.0 Å². The summed E-state index contributed by atoms with van der Waals surface area (Å²) in [5, 5.41) is 10.8. The van der Waals surface area contributed by atoms with Crippen LogP contribution in [0.15, 0.2) is 30.3 Å². The van der Waals surface area contributed by atoms with Gasteiger partial charge in [-0.15, -0.1) is 0 Å². The van der Waals surface area contributed by atoms with Crippen LogP contribution in [-0.4, -0.2) is 16.2 Å². The third kappa shape index (κ3) is 2.41. The summed E-state index contributed by atoms with van der Waals surface area (Å²) in [6, 6.07) is 9.94. The number of ether oxygens (including phenoxy) is 1. The molecule has 3 nitrogen and oxygen atoms in total. The minimum atomic E-state index is -0.562. The van der Waals surface area contributed by atoms with E-state index in [9.17, 15) is 9.90 Å². The Bertz CT molecular complexity index is 797. The number of hydrogen-bond acceptors (Lipinski definition) is 3. The van der Waals surface area contributed by atoms with E-state index in [1.54, 1.807) is 0 Å². The molecule has 0 spiro atoms. The van der Waals surface area contributed by atoms with Crippen molar-refractivity contribution in [3.05, 3.63) is 52.6 Å². The van der Waals surface area contributed by atoms with Crippen molar-refractivity contribution in [2.75, 3.05) is 5.33 Å². The van der Waals surface area contributed by atoms with Gasteiger partial charge in [0.05, 0.1) is 6.10 Å². The zero-order chi connectivity index (χ0) is 16.0. The highest BCUT2D eigenvalue weighted by Gasteiger charge is 2.27. The monoisotopic (exact) mass is 372 g/mol. The van der Waals surface area contributed by atoms with E-state index in [0.29, 0.717) is 18.4 Å². The molecule has 1 atom stereocenters. The first kappa shape index (κ1) is 14.9. The molecule has 4 rings (SSSR count). The summed E-state index contributed by atoms with van der Waals surface area (Å²) in [4.78, 5) is 12.1. The number of rotatable bonds is 2. The van der Waals surface area contributed by atoms with Crippen LogP contribution in [0, 0.1) is 0 Å². The molecule has 1 N–H and O–H groups in total. The van der Waals surface area contributed by atoms with E-state index < -0.39 is 6.10 Å². The van der Waals surface area contributed by atoms with Gasteiger partial charge in [-0.1, -0.05) is 34.1 Å². The molecule has 0 aromatic heterocycles. The van der Waals surface area contributed by atoms with Crippen molar-refractivity contribution in [1.29, 1.82) is 0 Å². The van der Waals surface area contributed by atoms with Crippen LogP contribution in [0.5, 0.6) is 5.75 Å². The number of alkyl halides is 1. The smallest absolute Gasteiger partial charge is 0.163 e. The molecule has 1 heterocycles. The number of Topliss-reactive ketones (excluding diaryl/α,β-unsaturated/α-hetero) is 1. The van der Waals surface area contributed by atoms with Gasteiger partial charge in [0.25, 0.3) is 0 Å². The number of aliphatic hydroxyl groups excluding tert-OH is 1. The summed E-state index contributed by atoms with van der Waals surface area (Å²) < 4.78 is 5.89. The Kier molecular flexibility index (Phi) is 3.74. The molecule has 1 aliphatic carbocycles. The molecule has 2 aromatic rings. The molecule has 0 amide bonds. The molecule has 0 saturated heterocycles. The molecule has 0 fully saturated rings. The van der Waals surface area contributed by atoms with Crippen molar-refractivity contribution < 1.29 is 14.6 Å². The third-order valence-corrected chi connectivity index (χ3v) is 5.31. The quantitative estimate of drug-likeness (QED) is 0.803. The number of aryl methyl sites for hydroxylation is 1. The predicted octanol–water partition coefficient (Wildman–Crippen LogP) is 4.19. The van der Waals surface area contributed by atoms with Crippen molar-refractivity contribution in [2.45, 2.75) is 32.0 Å². The fraction of sp³-hybridized carbons (Fsp3) is 0.316. The molecule has 4 heteroatoms. The highest BCUT2D eigenvalue weighted by Crippen LogP contribution is 2.44. The Hall–Kier alpha value is -1.65. The second kappa shape index (κ2) is 5.77. The lowest BCUT2D eigenvalue weighted by Gasteiger charge is -2.27. The number of carbonyl (C=O) groups excluding carboxylic acids is 1. The first-order valence-electron chi connectivity index (χ1n) is 7.88. The molecular formula is C19H17BrO3. The number of ketones is 1. The number of hydrogen-bond donors (Lipinski definition) is 1. The van der Waals surface area contributed by atoms with Crippen LogP contribution in [0.4, 0.5) is 0 Å². The predicted molar refractivity (Wildman–Crippen MR) is 92.2 cm³/mol. The molecule has 0 radical (unpaired) electrons. The minimum Gasteiger partial charge on any atom is -0.488 e. The van der Waals surface area contributed by atoms with E-state index >= 15 is 0 Å². The molecule has 1 aliphatic heterocycles. The standard InChI is InChI=1S/C19H17BrO3/c20-9-17(22)13-5-1-4-12-10-23-18-8-14-11(3-2-6-16(14)21)7-15(18)19(12)13/h1,4-5,7-8,17,22H,2-3,6,9-10H2. The summed E-state index contributed by atoms with van der Waals surface area (Å²) >= 11 is 3.36. The van der Waals surface area contributed by atoms with Crippen LogP contribution in [0.2, 0.25) is 0 Å². The normalized spacial score (nSPS) is 16.9. The highest BCUT2D eigenvalue weighted by molar-refractivity contribution is 9.09.